The van der Waals surface area contributed by atoms with Gasteiger partial charge in [-0.1, -0.05) is 54.1 Å². The van der Waals surface area contributed by atoms with Crippen LogP contribution in [0.3, 0.4) is 0 Å². The summed E-state index contributed by atoms with van der Waals surface area (Å²) in [6.45, 7) is 2.03. The number of aliphatic imine (C=N–C) groups is 1. The van der Waals surface area contributed by atoms with E-state index in [1.165, 1.54) is 5.56 Å². The Morgan fingerprint density at radius 2 is 1.70 bits per heavy atom. The van der Waals surface area contributed by atoms with Crippen molar-refractivity contribution in [1.29, 1.82) is 5.26 Å². The van der Waals surface area contributed by atoms with E-state index in [4.69, 9.17) is 5.26 Å². The third-order valence-electron chi connectivity index (χ3n) is 3.49. The molecule has 4 heteroatoms. The zero-order chi connectivity index (χ0) is 16.1. The second-order valence-corrected chi connectivity index (χ2v) is 5.19. The number of nitrogens with zero attached hydrogens (tertiary/aromatic N) is 2. The van der Waals surface area contributed by atoms with Crippen LogP contribution in [-0.4, -0.2) is 5.96 Å². The smallest absolute Gasteiger partial charge is 0.214 e. The molecule has 2 N–H and O–H groups in total. The Morgan fingerprint density at radius 1 is 0.957 bits per heavy atom. The normalized spacial score (nSPS) is 11.0. The van der Waals surface area contributed by atoms with Crippen molar-refractivity contribution in [3.63, 3.8) is 0 Å². The molecule has 4 nitrogen and oxygen atoms in total. The van der Waals surface area contributed by atoms with Crippen LogP contribution in [0.25, 0.3) is 10.8 Å². The molecule has 112 valence electrons. The van der Waals surface area contributed by atoms with Gasteiger partial charge in [0.1, 0.15) is 0 Å². The summed E-state index contributed by atoms with van der Waals surface area (Å²) in [6.07, 6.45) is 1.92. The van der Waals surface area contributed by atoms with Crippen LogP contribution in [0, 0.1) is 18.4 Å². The van der Waals surface area contributed by atoms with Gasteiger partial charge in [-0.25, -0.2) is 4.99 Å². The van der Waals surface area contributed by atoms with Gasteiger partial charge in [-0.2, -0.15) is 5.26 Å². The Hall–Kier alpha value is -3.32. The highest BCUT2D eigenvalue weighted by molar-refractivity contribution is 6.00. The van der Waals surface area contributed by atoms with Gasteiger partial charge in [-0.15, -0.1) is 0 Å². The molecule has 0 saturated heterocycles. The Labute approximate surface area is 135 Å². The summed E-state index contributed by atoms with van der Waals surface area (Å²) >= 11 is 0. The summed E-state index contributed by atoms with van der Waals surface area (Å²) in [7, 11) is 0. The summed E-state index contributed by atoms with van der Waals surface area (Å²) in [5, 5.41) is 16.9. The number of hydrogen-bond acceptors (Lipinski definition) is 2. The fourth-order valence-electron chi connectivity index (χ4n) is 2.34. The molecule has 0 aromatic heterocycles. The molecule has 0 unspecified atom stereocenters. The van der Waals surface area contributed by atoms with E-state index >= 15 is 0 Å². The van der Waals surface area contributed by atoms with E-state index in [2.05, 4.69) is 15.6 Å². The second kappa shape index (κ2) is 6.63. The number of rotatable bonds is 2. The van der Waals surface area contributed by atoms with Gasteiger partial charge in [0.2, 0.25) is 5.96 Å². The van der Waals surface area contributed by atoms with Crippen LogP contribution in [0.5, 0.6) is 0 Å². The van der Waals surface area contributed by atoms with Gasteiger partial charge in [-0.05, 0) is 30.5 Å². The lowest BCUT2D eigenvalue weighted by Gasteiger charge is -2.09. The molecule has 0 saturated carbocycles. The van der Waals surface area contributed by atoms with Crippen LogP contribution in [-0.2, 0) is 0 Å². The van der Waals surface area contributed by atoms with Gasteiger partial charge in [0.15, 0.2) is 6.19 Å². The van der Waals surface area contributed by atoms with Gasteiger partial charge in [0.05, 0.1) is 5.69 Å². The molecule has 0 aliphatic heterocycles. The average Bonchev–Trinajstić information content (AvgIpc) is 2.57. The van der Waals surface area contributed by atoms with Gasteiger partial charge in [0.25, 0.3) is 0 Å². The standard InChI is InChI=1S/C19H16N4/c1-14-9-11-16(12-10-14)22-19(21-13-20)23-18-8-4-6-15-5-2-3-7-17(15)18/h2-12H,1H3,(H2,21,22,23). The maximum atomic E-state index is 8.97. The first-order valence-electron chi connectivity index (χ1n) is 7.31. The predicted molar refractivity (Wildman–Crippen MR) is 94.6 cm³/mol. The zero-order valence-corrected chi connectivity index (χ0v) is 12.7. The number of fused-ring (bicyclic) bond motifs is 1. The molecule has 23 heavy (non-hydrogen) atoms. The molecule has 0 atom stereocenters. The molecule has 3 aromatic rings. The number of anilines is 1. The van der Waals surface area contributed by atoms with Crippen LogP contribution in [0.15, 0.2) is 71.7 Å². The van der Waals surface area contributed by atoms with Crippen LogP contribution in [0.2, 0.25) is 0 Å². The average molecular weight is 300 g/mol. The van der Waals surface area contributed by atoms with Gasteiger partial charge < -0.3 is 5.32 Å². The molecule has 0 heterocycles. The van der Waals surface area contributed by atoms with E-state index in [-0.39, 0.29) is 0 Å². The fourth-order valence-corrected chi connectivity index (χ4v) is 2.34. The Morgan fingerprint density at radius 3 is 2.48 bits per heavy atom. The minimum Gasteiger partial charge on any atom is -0.325 e. The molecule has 0 aliphatic carbocycles. The quantitative estimate of drug-likeness (QED) is 0.321. The SMILES string of the molecule is Cc1ccc(NC(=Nc2cccc3ccccc23)NC#N)cc1. The van der Waals surface area contributed by atoms with Crippen molar-refractivity contribution in [3.8, 4) is 6.19 Å². The summed E-state index contributed by atoms with van der Waals surface area (Å²) in [5.41, 5.74) is 2.86. The van der Waals surface area contributed by atoms with E-state index in [9.17, 15) is 0 Å². The first kappa shape index (κ1) is 14.6. The van der Waals surface area contributed by atoms with Crippen molar-refractivity contribution in [2.75, 3.05) is 5.32 Å². The molecule has 3 aromatic carbocycles. The van der Waals surface area contributed by atoms with E-state index < -0.39 is 0 Å². The lowest BCUT2D eigenvalue weighted by atomic mass is 10.1. The molecule has 3 rings (SSSR count). The van der Waals surface area contributed by atoms with Crippen molar-refractivity contribution in [3.05, 3.63) is 72.3 Å². The minimum absolute atomic E-state index is 0.396. The summed E-state index contributed by atoms with van der Waals surface area (Å²) in [4.78, 5) is 4.57. The number of guanidine groups is 1. The third-order valence-corrected chi connectivity index (χ3v) is 3.49. The molecule has 0 bridgehead atoms. The van der Waals surface area contributed by atoms with Crippen molar-refractivity contribution < 1.29 is 0 Å². The largest absolute Gasteiger partial charge is 0.325 e. The Kier molecular flexibility index (Phi) is 4.21. The van der Waals surface area contributed by atoms with Crippen LogP contribution in [0.4, 0.5) is 11.4 Å². The van der Waals surface area contributed by atoms with E-state index in [0.29, 0.717) is 5.96 Å². The maximum absolute atomic E-state index is 8.97. The number of nitrogens with one attached hydrogen (secondary N) is 2. The first-order valence-corrected chi connectivity index (χ1v) is 7.31. The zero-order valence-electron chi connectivity index (χ0n) is 12.7. The lowest BCUT2D eigenvalue weighted by Crippen LogP contribution is -2.26. The Balaban J connectivity index is 1.97. The van der Waals surface area contributed by atoms with Gasteiger partial charge >= 0.3 is 0 Å². The van der Waals surface area contributed by atoms with E-state index in [1.807, 2.05) is 79.8 Å². The van der Waals surface area contributed by atoms with Crippen LogP contribution >= 0.6 is 0 Å². The van der Waals surface area contributed by atoms with Crippen molar-refractivity contribution in [2.45, 2.75) is 6.92 Å². The van der Waals surface area contributed by atoms with Gasteiger partial charge in [-0.3, -0.25) is 5.32 Å². The molecule has 0 amide bonds. The van der Waals surface area contributed by atoms with Gasteiger partial charge in [0, 0.05) is 11.1 Å². The molecule has 0 radical (unpaired) electrons. The number of aryl methyl sites for hydroxylation is 1. The highest BCUT2D eigenvalue weighted by atomic mass is 15.2. The Bertz CT molecular complexity index is 884. The van der Waals surface area contributed by atoms with Crippen LogP contribution < -0.4 is 10.6 Å². The summed E-state index contributed by atoms with van der Waals surface area (Å²) in [5.74, 6) is 0.396. The highest BCUT2D eigenvalue weighted by Gasteiger charge is 2.03. The van der Waals surface area contributed by atoms with Crippen LogP contribution in [0.1, 0.15) is 5.56 Å². The number of nitriles is 1. The van der Waals surface area contributed by atoms with Crippen molar-refractivity contribution in [1.82, 2.24) is 5.32 Å². The monoisotopic (exact) mass is 300 g/mol. The van der Waals surface area contributed by atoms with E-state index in [1.54, 1.807) is 0 Å². The fraction of sp³-hybridized carbons (Fsp3) is 0.0526. The predicted octanol–water partition coefficient (Wildman–Crippen LogP) is 4.32. The third kappa shape index (κ3) is 3.47. The molecular formula is C19H16N4. The van der Waals surface area contributed by atoms with Crippen molar-refractivity contribution in [2.24, 2.45) is 4.99 Å². The van der Waals surface area contributed by atoms with E-state index in [0.717, 1.165) is 22.1 Å². The summed E-state index contributed by atoms with van der Waals surface area (Å²) < 4.78 is 0. The minimum atomic E-state index is 0.396. The molecule has 0 spiro atoms. The highest BCUT2D eigenvalue weighted by Crippen LogP contribution is 2.25. The van der Waals surface area contributed by atoms with Crippen molar-refractivity contribution >= 4 is 28.1 Å². The number of benzene rings is 3. The first-order chi connectivity index (χ1) is 11.3. The molecule has 0 fully saturated rings. The molecular weight excluding hydrogens is 284 g/mol. The molecule has 0 aliphatic rings. The second-order valence-electron chi connectivity index (χ2n) is 5.19. The summed E-state index contributed by atoms with van der Waals surface area (Å²) in [6, 6.07) is 21.9. The topological polar surface area (TPSA) is 60.2 Å². The number of hydrogen-bond donors (Lipinski definition) is 2. The maximum Gasteiger partial charge on any atom is 0.214 e. The lowest BCUT2D eigenvalue weighted by molar-refractivity contribution is 1.23.